The number of rotatable bonds is 4. The largest absolute Gasteiger partial charge is 0.339 e. The molecule has 2 aromatic carbocycles. The van der Waals surface area contributed by atoms with E-state index in [1.165, 1.54) is 5.56 Å². The molecule has 0 aliphatic rings. The molecule has 0 saturated carbocycles. The minimum atomic E-state index is 0.105. The molecule has 0 aliphatic carbocycles. The standard InChI is InChI=1S/C18H21NO/c1-4-19(5-2)18(20)17-13-9-8-12-16(17)15-11-7-6-10-14(15)3/h6-13H,4-5H2,1-3H3. The van der Waals surface area contributed by atoms with E-state index >= 15 is 0 Å². The Kier molecular flexibility index (Phi) is 4.57. The lowest BCUT2D eigenvalue weighted by Gasteiger charge is -2.21. The molecule has 0 radical (unpaired) electrons. The zero-order valence-electron chi connectivity index (χ0n) is 12.4. The number of hydrogen-bond acceptors (Lipinski definition) is 1. The summed E-state index contributed by atoms with van der Waals surface area (Å²) < 4.78 is 0. The van der Waals surface area contributed by atoms with Crippen molar-refractivity contribution in [1.29, 1.82) is 0 Å². The van der Waals surface area contributed by atoms with E-state index in [1.54, 1.807) is 0 Å². The molecule has 0 aliphatic heterocycles. The van der Waals surface area contributed by atoms with Crippen LogP contribution in [0.2, 0.25) is 0 Å². The third-order valence-corrected chi connectivity index (χ3v) is 3.64. The molecule has 0 N–H and O–H groups in total. The summed E-state index contributed by atoms with van der Waals surface area (Å²) >= 11 is 0. The molecule has 20 heavy (non-hydrogen) atoms. The van der Waals surface area contributed by atoms with E-state index in [2.05, 4.69) is 19.1 Å². The number of aryl methyl sites for hydroxylation is 1. The van der Waals surface area contributed by atoms with Crippen molar-refractivity contribution in [2.24, 2.45) is 0 Å². The van der Waals surface area contributed by atoms with Crippen LogP contribution in [0.5, 0.6) is 0 Å². The van der Waals surface area contributed by atoms with Crippen LogP contribution < -0.4 is 0 Å². The molecule has 0 bridgehead atoms. The van der Waals surface area contributed by atoms with Gasteiger partial charge < -0.3 is 4.90 Å². The van der Waals surface area contributed by atoms with Gasteiger partial charge in [0.25, 0.3) is 5.91 Å². The molecule has 0 spiro atoms. The first-order valence-electron chi connectivity index (χ1n) is 7.13. The molecule has 2 nitrogen and oxygen atoms in total. The third-order valence-electron chi connectivity index (χ3n) is 3.64. The summed E-state index contributed by atoms with van der Waals surface area (Å²) in [6.07, 6.45) is 0. The maximum absolute atomic E-state index is 12.6. The van der Waals surface area contributed by atoms with E-state index in [9.17, 15) is 4.79 Å². The van der Waals surface area contributed by atoms with Crippen molar-refractivity contribution in [2.45, 2.75) is 20.8 Å². The Morgan fingerprint density at radius 2 is 1.45 bits per heavy atom. The molecule has 0 aromatic heterocycles. The lowest BCUT2D eigenvalue weighted by molar-refractivity contribution is 0.0774. The van der Waals surface area contributed by atoms with E-state index < -0.39 is 0 Å². The number of nitrogens with zero attached hydrogens (tertiary/aromatic N) is 1. The van der Waals surface area contributed by atoms with Gasteiger partial charge >= 0.3 is 0 Å². The minimum absolute atomic E-state index is 0.105. The lowest BCUT2D eigenvalue weighted by atomic mass is 9.95. The van der Waals surface area contributed by atoms with Gasteiger partial charge in [-0.3, -0.25) is 4.79 Å². The van der Waals surface area contributed by atoms with E-state index in [-0.39, 0.29) is 5.91 Å². The van der Waals surface area contributed by atoms with Gasteiger partial charge in [0, 0.05) is 18.7 Å². The van der Waals surface area contributed by atoms with E-state index in [4.69, 9.17) is 0 Å². The average molecular weight is 267 g/mol. The Bertz CT molecular complexity index is 600. The first-order valence-corrected chi connectivity index (χ1v) is 7.13. The molecular weight excluding hydrogens is 246 g/mol. The quantitative estimate of drug-likeness (QED) is 0.815. The Hall–Kier alpha value is -2.09. The van der Waals surface area contributed by atoms with Gasteiger partial charge in [-0.05, 0) is 43.5 Å². The summed E-state index contributed by atoms with van der Waals surface area (Å²) in [6.45, 7) is 7.57. The van der Waals surface area contributed by atoms with Gasteiger partial charge in [-0.25, -0.2) is 0 Å². The second-order valence-corrected chi connectivity index (χ2v) is 4.84. The van der Waals surface area contributed by atoms with Gasteiger partial charge in [-0.1, -0.05) is 42.5 Å². The molecule has 2 rings (SSSR count). The molecule has 0 heterocycles. The maximum Gasteiger partial charge on any atom is 0.254 e. The Morgan fingerprint density at radius 1 is 0.900 bits per heavy atom. The number of benzene rings is 2. The van der Waals surface area contributed by atoms with E-state index in [1.807, 2.05) is 55.1 Å². The number of hydrogen-bond donors (Lipinski definition) is 0. The highest BCUT2D eigenvalue weighted by molar-refractivity contribution is 6.01. The summed E-state index contributed by atoms with van der Waals surface area (Å²) in [5.74, 6) is 0.105. The summed E-state index contributed by atoms with van der Waals surface area (Å²) in [4.78, 5) is 14.5. The van der Waals surface area contributed by atoms with Crippen molar-refractivity contribution >= 4 is 5.91 Å². The topological polar surface area (TPSA) is 20.3 Å². The zero-order valence-corrected chi connectivity index (χ0v) is 12.4. The van der Waals surface area contributed by atoms with E-state index in [0.717, 1.165) is 29.8 Å². The smallest absolute Gasteiger partial charge is 0.254 e. The summed E-state index contributed by atoms with van der Waals surface area (Å²) in [7, 11) is 0. The van der Waals surface area contributed by atoms with Crippen LogP contribution in [-0.4, -0.2) is 23.9 Å². The molecule has 104 valence electrons. The first-order chi connectivity index (χ1) is 9.69. The van der Waals surface area contributed by atoms with Gasteiger partial charge in [0.05, 0.1) is 0 Å². The van der Waals surface area contributed by atoms with Crippen molar-refractivity contribution in [2.75, 3.05) is 13.1 Å². The molecule has 2 heteroatoms. The Labute approximate surface area is 121 Å². The predicted molar refractivity (Wildman–Crippen MR) is 83.9 cm³/mol. The highest BCUT2D eigenvalue weighted by atomic mass is 16.2. The van der Waals surface area contributed by atoms with Crippen molar-refractivity contribution in [1.82, 2.24) is 4.90 Å². The zero-order chi connectivity index (χ0) is 14.5. The summed E-state index contributed by atoms with van der Waals surface area (Å²) in [5, 5.41) is 0. The number of carbonyl (C=O) groups is 1. The second kappa shape index (κ2) is 6.38. The number of amides is 1. The monoisotopic (exact) mass is 267 g/mol. The van der Waals surface area contributed by atoms with Crippen LogP contribution in [0.4, 0.5) is 0 Å². The molecule has 1 amide bonds. The van der Waals surface area contributed by atoms with Gasteiger partial charge in [-0.15, -0.1) is 0 Å². The maximum atomic E-state index is 12.6. The summed E-state index contributed by atoms with van der Waals surface area (Å²) in [6, 6.07) is 16.0. The van der Waals surface area contributed by atoms with Crippen molar-refractivity contribution in [3.8, 4) is 11.1 Å². The van der Waals surface area contributed by atoms with Crippen LogP contribution in [-0.2, 0) is 0 Å². The van der Waals surface area contributed by atoms with Crippen LogP contribution in [0, 0.1) is 6.92 Å². The lowest BCUT2D eigenvalue weighted by Crippen LogP contribution is -2.30. The predicted octanol–water partition coefficient (Wildman–Crippen LogP) is 4.14. The normalized spacial score (nSPS) is 10.3. The molecule has 0 atom stereocenters. The highest BCUT2D eigenvalue weighted by Crippen LogP contribution is 2.27. The second-order valence-electron chi connectivity index (χ2n) is 4.84. The molecule has 0 saturated heterocycles. The summed E-state index contributed by atoms with van der Waals surface area (Å²) in [5.41, 5.74) is 4.11. The minimum Gasteiger partial charge on any atom is -0.339 e. The Balaban J connectivity index is 2.52. The van der Waals surface area contributed by atoms with E-state index in [0.29, 0.717) is 0 Å². The van der Waals surface area contributed by atoms with Crippen LogP contribution in [0.25, 0.3) is 11.1 Å². The fraction of sp³-hybridized carbons (Fsp3) is 0.278. The van der Waals surface area contributed by atoms with Crippen LogP contribution in [0.15, 0.2) is 48.5 Å². The third kappa shape index (κ3) is 2.74. The number of carbonyl (C=O) groups excluding carboxylic acids is 1. The first kappa shape index (κ1) is 14.3. The van der Waals surface area contributed by atoms with Crippen LogP contribution >= 0.6 is 0 Å². The molecule has 0 fully saturated rings. The average Bonchev–Trinajstić information content (AvgIpc) is 2.49. The van der Waals surface area contributed by atoms with Crippen molar-refractivity contribution < 1.29 is 4.79 Å². The van der Waals surface area contributed by atoms with Gasteiger partial charge in [0.15, 0.2) is 0 Å². The van der Waals surface area contributed by atoms with Gasteiger partial charge in [0.1, 0.15) is 0 Å². The fourth-order valence-electron chi connectivity index (χ4n) is 2.46. The van der Waals surface area contributed by atoms with Gasteiger partial charge in [0.2, 0.25) is 0 Å². The van der Waals surface area contributed by atoms with Crippen molar-refractivity contribution in [3.05, 3.63) is 59.7 Å². The molecular formula is C18H21NO. The molecule has 0 unspecified atom stereocenters. The molecule has 2 aromatic rings. The van der Waals surface area contributed by atoms with Crippen LogP contribution in [0.1, 0.15) is 29.8 Å². The fourth-order valence-corrected chi connectivity index (χ4v) is 2.46. The highest BCUT2D eigenvalue weighted by Gasteiger charge is 2.17. The van der Waals surface area contributed by atoms with Crippen LogP contribution in [0.3, 0.4) is 0 Å². The van der Waals surface area contributed by atoms with Gasteiger partial charge in [-0.2, -0.15) is 0 Å². The SMILES string of the molecule is CCN(CC)C(=O)c1ccccc1-c1ccccc1C. The van der Waals surface area contributed by atoms with Crippen molar-refractivity contribution in [3.63, 3.8) is 0 Å². The Morgan fingerprint density at radius 3 is 2.05 bits per heavy atom.